The summed E-state index contributed by atoms with van der Waals surface area (Å²) in [5, 5.41) is 5.84. The van der Waals surface area contributed by atoms with Gasteiger partial charge in [0, 0.05) is 24.8 Å². The van der Waals surface area contributed by atoms with Gasteiger partial charge in [0.1, 0.15) is 12.1 Å². The summed E-state index contributed by atoms with van der Waals surface area (Å²) in [5.74, 6) is 0.959. The molecule has 6 nitrogen and oxygen atoms in total. The van der Waals surface area contributed by atoms with Crippen LogP contribution in [-0.4, -0.2) is 46.1 Å². The van der Waals surface area contributed by atoms with Crippen molar-refractivity contribution in [2.24, 2.45) is 0 Å². The highest BCUT2D eigenvalue weighted by Gasteiger charge is 2.47. The Hall–Kier alpha value is -2.15. The normalized spacial score (nSPS) is 23.1. The van der Waals surface area contributed by atoms with Crippen LogP contribution in [0.2, 0.25) is 0 Å². The Balaban J connectivity index is 1.43. The van der Waals surface area contributed by atoms with Gasteiger partial charge < -0.3 is 9.80 Å². The van der Waals surface area contributed by atoms with Crippen LogP contribution in [0, 0.1) is 6.92 Å². The first-order valence-electron chi connectivity index (χ1n) is 7.37. The Bertz CT molecular complexity index is 677. The molecule has 2 atom stereocenters. The molecule has 0 aliphatic carbocycles. The zero-order chi connectivity index (χ0) is 15.1. The number of piperazine rings is 1. The van der Waals surface area contributed by atoms with Gasteiger partial charge in [0.05, 0.1) is 17.1 Å². The number of carbonyl (C=O) groups is 1. The molecule has 5 rings (SSSR count). The molecule has 22 heavy (non-hydrogen) atoms. The molecule has 3 aliphatic rings. The first-order valence-corrected chi connectivity index (χ1v) is 8.25. The average Bonchev–Trinajstić information content (AvgIpc) is 3.00. The molecule has 7 heteroatoms. The quantitative estimate of drug-likeness (QED) is 0.924. The highest BCUT2D eigenvalue weighted by Crippen LogP contribution is 2.34. The second kappa shape index (κ2) is 5.24. The summed E-state index contributed by atoms with van der Waals surface area (Å²) in [6, 6.07) is 6.43. The van der Waals surface area contributed by atoms with E-state index < -0.39 is 0 Å². The summed E-state index contributed by atoms with van der Waals surface area (Å²) in [4.78, 5) is 25.1. The van der Waals surface area contributed by atoms with Crippen molar-refractivity contribution in [1.29, 1.82) is 0 Å². The van der Waals surface area contributed by atoms with Crippen LogP contribution in [0.4, 0.5) is 15.6 Å². The fourth-order valence-corrected chi connectivity index (χ4v) is 3.87. The smallest absolute Gasteiger partial charge is 0.323 e. The minimum atomic E-state index is 0.0159. The summed E-state index contributed by atoms with van der Waals surface area (Å²) in [6.07, 6.45) is 2.69. The lowest BCUT2D eigenvalue weighted by atomic mass is 9.88. The highest BCUT2D eigenvalue weighted by atomic mass is 32.1. The Morgan fingerprint density at radius 2 is 2.18 bits per heavy atom. The molecule has 2 aromatic heterocycles. The summed E-state index contributed by atoms with van der Waals surface area (Å²) < 4.78 is 0. The number of piperidine rings is 1. The molecule has 2 aromatic rings. The van der Waals surface area contributed by atoms with Crippen molar-refractivity contribution in [3.63, 3.8) is 0 Å². The number of urea groups is 1. The maximum atomic E-state index is 12.4. The van der Waals surface area contributed by atoms with E-state index in [-0.39, 0.29) is 18.1 Å². The number of fused-ring (bicyclic) bond motifs is 2. The highest BCUT2D eigenvalue weighted by molar-refractivity contribution is 7.14. The number of aryl methyl sites for hydroxylation is 1. The molecule has 3 aliphatic heterocycles. The molecule has 2 bridgehead atoms. The van der Waals surface area contributed by atoms with E-state index in [1.165, 1.54) is 0 Å². The average molecular weight is 315 g/mol. The zero-order valence-corrected chi connectivity index (χ0v) is 13.1. The number of aromatic nitrogens is 2. The van der Waals surface area contributed by atoms with Gasteiger partial charge in [0.2, 0.25) is 0 Å². The third kappa shape index (κ3) is 2.31. The molecule has 3 saturated heterocycles. The number of thiophene rings is 1. The van der Waals surface area contributed by atoms with Crippen LogP contribution in [-0.2, 0) is 0 Å². The molecule has 5 heterocycles. The third-order valence-electron chi connectivity index (χ3n) is 4.29. The molecule has 114 valence electrons. The minimum Gasteiger partial charge on any atom is -0.352 e. The van der Waals surface area contributed by atoms with Crippen LogP contribution < -0.4 is 10.2 Å². The van der Waals surface area contributed by atoms with Crippen LogP contribution in [0.1, 0.15) is 12.1 Å². The number of nitrogens with one attached hydrogen (secondary N) is 1. The van der Waals surface area contributed by atoms with Gasteiger partial charge in [-0.2, -0.15) is 0 Å². The van der Waals surface area contributed by atoms with Gasteiger partial charge in [-0.15, -0.1) is 11.3 Å². The van der Waals surface area contributed by atoms with Crippen molar-refractivity contribution < 1.29 is 4.79 Å². The van der Waals surface area contributed by atoms with Crippen molar-refractivity contribution in [1.82, 2.24) is 14.9 Å². The van der Waals surface area contributed by atoms with E-state index in [1.54, 1.807) is 17.7 Å². The van der Waals surface area contributed by atoms with Crippen LogP contribution in [0.15, 0.2) is 29.9 Å². The number of amides is 2. The van der Waals surface area contributed by atoms with E-state index in [0.29, 0.717) is 0 Å². The Morgan fingerprint density at radius 3 is 2.86 bits per heavy atom. The lowest BCUT2D eigenvalue weighted by Crippen LogP contribution is -2.71. The summed E-state index contributed by atoms with van der Waals surface area (Å²) in [7, 11) is 0. The fourth-order valence-electron chi connectivity index (χ4n) is 3.26. The zero-order valence-electron chi connectivity index (χ0n) is 12.3. The Labute approximate surface area is 132 Å². The van der Waals surface area contributed by atoms with Gasteiger partial charge in [-0.05, 0) is 30.9 Å². The van der Waals surface area contributed by atoms with Crippen LogP contribution in [0.25, 0.3) is 0 Å². The second-order valence-corrected chi connectivity index (χ2v) is 6.73. The molecule has 0 spiro atoms. The molecular formula is C15H17N5OS. The van der Waals surface area contributed by atoms with E-state index in [9.17, 15) is 4.79 Å². The first-order chi connectivity index (χ1) is 10.7. The largest absolute Gasteiger partial charge is 0.352 e. The van der Waals surface area contributed by atoms with E-state index >= 15 is 0 Å². The first kappa shape index (κ1) is 13.5. The predicted octanol–water partition coefficient (Wildman–Crippen LogP) is 2.34. The molecule has 0 radical (unpaired) electrons. The summed E-state index contributed by atoms with van der Waals surface area (Å²) in [6.45, 7) is 3.65. The molecule has 0 aromatic carbocycles. The number of hydrogen-bond donors (Lipinski definition) is 1. The number of anilines is 2. The lowest BCUT2D eigenvalue weighted by Gasteiger charge is -2.56. The molecule has 3 fully saturated rings. The molecular weight excluding hydrogens is 298 g/mol. The number of nitrogens with zero attached hydrogens (tertiary/aromatic N) is 4. The van der Waals surface area contributed by atoms with Crippen molar-refractivity contribution >= 4 is 28.2 Å². The van der Waals surface area contributed by atoms with Crippen molar-refractivity contribution in [2.45, 2.75) is 25.4 Å². The van der Waals surface area contributed by atoms with Crippen molar-refractivity contribution in [3.05, 3.63) is 35.6 Å². The maximum Gasteiger partial charge on any atom is 0.323 e. The van der Waals surface area contributed by atoms with Gasteiger partial charge in [-0.3, -0.25) is 5.32 Å². The van der Waals surface area contributed by atoms with Gasteiger partial charge in [0.25, 0.3) is 0 Å². The van der Waals surface area contributed by atoms with Gasteiger partial charge in [-0.25, -0.2) is 14.8 Å². The Morgan fingerprint density at radius 1 is 1.36 bits per heavy atom. The van der Waals surface area contributed by atoms with E-state index in [2.05, 4.69) is 20.2 Å². The SMILES string of the molecule is Cc1cc(N2CC3CC(C2)N3C(=O)Nc2cccs2)ncn1. The third-order valence-corrected chi connectivity index (χ3v) is 5.08. The summed E-state index contributed by atoms with van der Waals surface area (Å²) >= 11 is 1.54. The molecule has 2 amide bonds. The molecule has 0 saturated carbocycles. The fraction of sp³-hybridized carbons (Fsp3) is 0.400. The van der Waals surface area contributed by atoms with E-state index in [1.807, 2.05) is 35.4 Å². The van der Waals surface area contributed by atoms with Crippen molar-refractivity contribution in [3.8, 4) is 0 Å². The Kier molecular flexibility index (Phi) is 3.22. The number of hydrogen-bond acceptors (Lipinski definition) is 5. The number of carbonyl (C=O) groups excluding carboxylic acids is 1. The van der Waals surface area contributed by atoms with Crippen LogP contribution in [0.5, 0.6) is 0 Å². The number of rotatable bonds is 2. The van der Waals surface area contributed by atoms with Crippen LogP contribution >= 0.6 is 11.3 Å². The lowest BCUT2D eigenvalue weighted by molar-refractivity contribution is 0.0437. The van der Waals surface area contributed by atoms with Gasteiger partial charge >= 0.3 is 6.03 Å². The van der Waals surface area contributed by atoms with E-state index in [4.69, 9.17) is 0 Å². The van der Waals surface area contributed by atoms with Gasteiger partial charge in [-0.1, -0.05) is 0 Å². The van der Waals surface area contributed by atoms with E-state index in [0.717, 1.165) is 36.0 Å². The van der Waals surface area contributed by atoms with Crippen molar-refractivity contribution in [2.75, 3.05) is 23.3 Å². The molecule has 1 N–H and O–H groups in total. The second-order valence-electron chi connectivity index (χ2n) is 5.78. The predicted molar refractivity (Wildman–Crippen MR) is 86.4 cm³/mol. The molecule has 2 unspecified atom stereocenters. The van der Waals surface area contributed by atoms with Gasteiger partial charge in [0.15, 0.2) is 0 Å². The topological polar surface area (TPSA) is 61.4 Å². The maximum absolute atomic E-state index is 12.4. The summed E-state index contributed by atoms with van der Waals surface area (Å²) in [5.41, 5.74) is 0.969. The standard InChI is InChI=1S/C15H17N5OS/c1-10-5-13(17-9-16-10)19-7-11-6-12(8-19)20(11)15(21)18-14-3-2-4-22-14/h2-5,9,11-12H,6-8H2,1H3,(H,18,21). The van der Waals surface area contributed by atoms with Crippen LogP contribution in [0.3, 0.4) is 0 Å². The monoisotopic (exact) mass is 315 g/mol. The minimum absolute atomic E-state index is 0.0159.